The Bertz CT molecular complexity index is 927. The zero-order valence-electron chi connectivity index (χ0n) is 15.1. The van der Waals surface area contributed by atoms with Crippen molar-refractivity contribution >= 4 is 21.6 Å². The standard InChI is InChI=1S/C20H21ClF3NO2S/c21-16-6-9-18(10-7-16)28(26,27)25-17-8-11-19-14(3-1-4-15(19)13-17)5-2-12-20(22,23)24/h1,3-4,6-7,9-10,17,25H,2,5,8,11-13H2/t17-/m1/s1. The van der Waals surface area contributed by atoms with Crippen LogP contribution < -0.4 is 4.72 Å². The maximum absolute atomic E-state index is 12.6. The summed E-state index contributed by atoms with van der Waals surface area (Å²) < 4.78 is 65.1. The van der Waals surface area contributed by atoms with Gasteiger partial charge in [-0.2, -0.15) is 13.2 Å². The summed E-state index contributed by atoms with van der Waals surface area (Å²) >= 11 is 5.81. The van der Waals surface area contributed by atoms with Crippen LogP contribution in [0.15, 0.2) is 47.4 Å². The molecule has 152 valence electrons. The monoisotopic (exact) mass is 431 g/mol. The van der Waals surface area contributed by atoms with Gasteiger partial charge >= 0.3 is 6.18 Å². The molecule has 0 saturated heterocycles. The third-order valence-electron chi connectivity index (χ3n) is 4.93. The summed E-state index contributed by atoms with van der Waals surface area (Å²) in [6.07, 6.45) is -2.72. The second-order valence-corrected chi connectivity index (χ2v) is 9.19. The molecule has 0 aliphatic heterocycles. The second kappa shape index (κ2) is 8.43. The van der Waals surface area contributed by atoms with Gasteiger partial charge in [-0.05, 0) is 73.1 Å². The highest BCUT2D eigenvalue weighted by molar-refractivity contribution is 7.89. The minimum Gasteiger partial charge on any atom is -0.208 e. The Hall–Kier alpha value is -1.57. The molecule has 0 unspecified atom stereocenters. The number of fused-ring (bicyclic) bond motifs is 1. The first-order valence-electron chi connectivity index (χ1n) is 9.08. The van der Waals surface area contributed by atoms with Crippen molar-refractivity contribution in [2.75, 3.05) is 0 Å². The third kappa shape index (κ3) is 5.49. The summed E-state index contributed by atoms with van der Waals surface area (Å²) in [5.41, 5.74) is 2.99. The molecule has 8 heteroatoms. The molecule has 3 nitrogen and oxygen atoms in total. The summed E-state index contributed by atoms with van der Waals surface area (Å²) in [5, 5.41) is 0.462. The van der Waals surface area contributed by atoms with E-state index in [-0.39, 0.29) is 17.4 Å². The molecule has 0 radical (unpaired) electrons. The van der Waals surface area contributed by atoms with Crippen LogP contribution in [0.1, 0.15) is 36.0 Å². The van der Waals surface area contributed by atoms with Crippen LogP contribution in [0.25, 0.3) is 0 Å². The maximum Gasteiger partial charge on any atom is 0.389 e. The maximum atomic E-state index is 12.6. The lowest BCUT2D eigenvalue weighted by Crippen LogP contribution is -2.39. The van der Waals surface area contributed by atoms with E-state index in [1.54, 1.807) is 0 Å². The highest BCUT2D eigenvalue weighted by atomic mass is 35.5. The van der Waals surface area contributed by atoms with Crippen LogP contribution in [-0.4, -0.2) is 20.6 Å². The predicted molar refractivity (Wildman–Crippen MR) is 103 cm³/mol. The molecule has 0 aromatic heterocycles. The van der Waals surface area contributed by atoms with Gasteiger partial charge in [0.15, 0.2) is 0 Å². The van der Waals surface area contributed by atoms with Crippen LogP contribution in [0.3, 0.4) is 0 Å². The van der Waals surface area contributed by atoms with Gasteiger partial charge in [-0.1, -0.05) is 29.8 Å². The summed E-state index contributed by atoms with van der Waals surface area (Å²) in [6, 6.07) is 11.3. The number of alkyl halides is 3. The molecule has 0 heterocycles. The average molecular weight is 432 g/mol. The van der Waals surface area contributed by atoms with Crippen molar-refractivity contribution in [3.8, 4) is 0 Å². The summed E-state index contributed by atoms with van der Waals surface area (Å²) in [4.78, 5) is 0.156. The molecule has 1 N–H and O–H groups in total. The molecule has 1 aliphatic carbocycles. The first kappa shape index (κ1) is 21.1. The molecule has 2 aromatic carbocycles. The molecule has 2 aromatic rings. The van der Waals surface area contributed by atoms with E-state index in [4.69, 9.17) is 11.6 Å². The Kier molecular flexibility index (Phi) is 6.37. The topological polar surface area (TPSA) is 46.2 Å². The SMILES string of the molecule is O=S(=O)(N[C@@H]1CCc2c(CCCC(F)(F)F)cccc2C1)c1ccc(Cl)cc1. The molecular weight excluding hydrogens is 411 g/mol. The van der Waals surface area contributed by atoms with Crippen molar-refractivity contribution in [1.29, 1.82) is 0 Å². The van der Waals surface area contributed by atoms with Crippen molar-refractivity contribution in [3.63, 3.8) is 0 Å². The number of hydrogen-bond acceptors (Lipinski definition) is 2. The lowest BCUT2D eigenvalue weighted by molar-refractivity contribution is -0.135. The number of nitrogens with one attached hydrogen (secondary N) is 1. The number of hydrogen-bond donors (Lipinski definition) is 1. The van der Waals surface area contributed by atoms with E-state index in [0.29, 0.717) is 30.7 Å². The summed E-state index contributed by atoms with van der Waals surface area (Å²) in [5.74, 6) is 0. The van der Waals surface area contributed by atoms with Gasteiger partial charge in [-0.3, -0.25) is 0 Å². The van der Waals surface area contributed by atoms with Gasteiger partial charge in [0.05, 0.1) is 4.90 Å². The molecule has 3 rings (SSSR count). The van der Waals surface area contributed by atoms with E-state index in [1.807, 2.05) is 18.2 Å². The van der Waals surface area contributed by atoms with Crippen LogP contribution in [0.2, 0.25) is 5.02 Å². The van der Waals surface area contributed by atoms with Crippen LogP contribution in [0.5, 0.6) is 0 Å². The zero-order valence-corrected chi connectivity index (χ0v) is 16.7. The highest BCUT2D eigenvalue weighted by Gasteiger charge is 2.28. The molecule has 0 fully saturated rings. The largest absolute Gasteiger partial charge is 0.389 e. The van der Waals surface area contributed by atoms with Crippen molar-refractivity contribution in [3.05, 3.63) is 64.2 Å². The predicted octanol–water partition coefficient (Wildman–Crippen LogP) is 5.06. The Balaban J connectivity index is 1.68. The minimum atomic E-state index is -4.14. The van der Waals surface area contributed by atoms with Crippen LogP contribution in [0, 0.1) is 0 Å². The fraction of sp³-hybridized carbons (Fsp3) is 0.400. The zero-order chi connectivity index (χ0) is 20.4. The molecule has 28 heavy (non-hydrogen) atoms. The van der Waals surface area contributed by atoms with Crippen molar-refractivity contribution in [2.24, 2.45) is 0 Å². The number of rotatable bonds is 6. The number of halogens is 4. The van der Waals surface area contributed by atoms with E-state index < -0.39 is 22.6 Å². The normalized spacial score (nSPS) is 17.4. The van der Waals surface area contributed by atoms with Gasteiger partial charge in [-0.25, -0.2) is 13.1 Å². The minimum absolute atomic E-state index is 0.0621. The van der Waals surface area contributed by atoms with Gasteiger partial charge in [0.25, 0.3) is 0 Å². The molecule has 0 bridgehead atoms. The van der Waals surface area contributed by atoms with Crippen molar-refractivity contribution in [1.82, 2.24) is 4.72 Å². The summed E-state index contributed by atoms with van der Waals surface area (Å²) in [6.45, 7) is 0. The van der Waals surface area contributed by atoms with Crippen molar-refractivity contribution < 1.29 is 21.6 Å². The molecule has 1 atom stereocenters. The van der Waals surface area contributed by atoms with Crippen LogP contribution in [-0.2, 0) is 29.3 Å². The quantitative estimate of drug-likeness (QED) is 0.694. The molecule has 0 spiro atoms. The number of aryl methyl sites for hydroxylation is 1. The Morgan fingerprint density at radius 3 is 2.50 bits per heavy atom. The fourth-order valence-corrected chi connectivity index (χ4v) is 5.00. The average Bonchev–Trinajstić information content (AvgIpc) is 2.60. The fourth-order valence-electron chi connectivity index (χ4n) is 3.60. The molecular formula is C20H21ClF3NO2S. The van der Waals surface area contributed by atoms with E-state index in [0.717, 1.165) is 16.7 Å². The summed E-state index contributed by atoms with van der Waals surface area (Å²) in [7, 11) is -3.65. The Morgan fingerprint density at radius 2 is 1.82 bits per heavy atom. The van der Waals surface area contributed by atoms with E-state index in [1.165, 1.54) is 24.3 Å². The van der Waals surface area contributed by atoms with E-state index in [2.05, 4.69) is 4.72 Å². The molecule has 0 saturated carbocycles. The number of sulfonamides is 1. The third-order valence-corrected chi connectivity index (χ3v) is 6.72. The van der Waals surface area contributed by atoms with Gasteiger partial charge in [0.1, 0.15) is 0 Å². The lowest BCUT2D eigenvalue weighted by Gasteiger charge is -2.27. The lowest BCUT2D eigenvalue weighted by atomic mass is 9.84. The van der Waals surface area contributed by atoms with E-state index in [9.17, 15) is 21.6 Å². The van der Waals surface area contributed by atoms with Gasteiger partial charge in [0, 0.05) is 17.5 Å². The van der Waals surface area contributed by atoms with Crippen LogP contribution >= 0.6 is 11.6 Å². The molecule has 0 amide bonds. The van der Waals surface area contributed by atoms with E-state index >= 15 is 0 Å². The van der Waals surface area contributed by atoms with Crippen LogP contribution in [0.4, 0.5) is 13.2 Å². The molecule has 1 aliphatic rings. The Morgan fingerprint density at radius 1 is 1.11 bits per heavy atom. The van der Waals surface area contributed by atoms with Gasteiger partial charge in [0.2, 0.25) is 10.0 Å². The number of benzene rings is 2. The van der Waals surface area contributed by atoms with Gasteiger partial charge < -0.3 is 0 Å². The first-order chi connectivity index (χ1) is 13.1. The highest BCUT2D eigenvalue weighted by Crippen LogP contribution is 2.28. The smallest absolute Gasteiger partial charge is 0.208 e. The second-order valence-electron chi connectivity index (χ2n) is 7.04. The first-order valence-corrected chi connectivity index (χ1v) is 10.9. The Labute approximate surface area is 168 Å². The van der Waals surface area contributed by atoms with Gasteiger partial charge in [-0.15, -0.1) is 0 Å². The van der Waals surface area contributed by atoms with Crippen molar-refractivity contribution in [2.45, 2.75) is 55.6 Å².